The van der Waals surface area contributed by atoms with Crippen molar-refractivity contribution in [3.05, 3.63) is 34.3 Å². The van der Waals surface area contributed by atoms with Crippen molar-refractivity contribution in [2.75, 3.05) is 31.6 Å². The average Bonchev–Trinajstić information content (AvgIpc) is 2.44. The maximum absolute atomic E-state index is 3.77. The van der Waals surface area contributed by atoms with Crippen LogP contribution in [-0.2, 0) is 6.42 Å². The second-order valence-electron chi connectivity index (χ2n) is 5.52. The number of thioether (sulfide) groups is 1. The van der Waals surface area contributed by atoms with Gasteiger partial charge in [0.15, 0.2) is 0 Å². The van der Waals surface area contributed by atoms with Crippen LogP contribution in [0.15, 0.2) is 28.7 Å². The molecule has 0 aliphatic carbocycles. The maximum atomic E-state index is 3.77. The highest BCUT2D eigenvalue weighted by Gasteiger charge is 2.27. The molecule has 0 aromatic heterocycles. The Labute approximate surface area is 135 Å². The number of hydrogen-bond donors (Lipinski definition) is 1. The van der Waals surface area contributed by atoms with Crippen molar-refractivity contribution in [2.24, 2.45) is 0 Å². The summed E-state index contributed by atoms with van der Waals surface area (Å²) in [5.74, 6) is 2.51. The Hall–Kier alpha value is -0.0300. The lowest BCUT2D eigenvalue weighted by Gasteiger charge is -2.38. The smallest absolute Gasteiger partial charge is 0.0340 e. The number of halogens is 1. The maximum Gasteiger partial charge on any atom is 0.0340 e. The molecule has 2 unspecified atom stereocenters. The number of nitrogens with zero attached hydrogens (tertiary/aromatic N) is 1. The number of nitrogens with one attached hydrogen (secondary N) is 1. The summed E-state index contributed by atoms with van der Waals surface area (Å²) in [5.41, 5.74) is 1.41. The Bertz CT molecular complexity index is 413. The zero-order valence-electron chi connectivity index (χ0n) is 12.4. The average molecular weight is 357 g/mol. The van der Waals surface area contributed by atoms with Crippen LogP contribution in [0, 0.1) is 0 Å². The van der Waals surface area contributed by atoms with Gasteiger partial charge in [0.05, 0.1) is 0 Å². The Morgan fingerprint density at radius 2 is 2.35 bits per heavy atom. The van der Waals surface area contributed by atoms with Crippen LogP contribution in [0.2, 0.25) is 0 Å². The van der Waals surface area contributed by atoms with Crippen LogP contribution < -0.4 is 5.32 Å². The fourth-order valence-electron chi connectivity index (χ4n) is 2.72. The van der Waals surface area contributed by atoms with Gasteiger partial charge in [-0.25, -0.2) is 0 Å². The molecule has 1 saturated heterocycles. The molecule has 112 valence electrons. The molecule has 0 amide bonds. The summed E-state index contributed by atoms with van der Waals surface area (Å²) in [6.07, 6.45) is 2.30. The summed E-state index contributed by atoms with van der Waals surface area (Å²) in [5, 5.41) is 3.77. The molecule has 0 bridgehead atoms. The minimum atomic E-state index is 0.544. The van der Waals surface area contributed by atoms with Crippen molar-refractivity contribution in [3.8, 4) is 0 Å². The van der Waals surface area contributed by atoms with Crippen LogP contribution in [0.4, 0.5) is 0 Å². The lowest BCUT2D eigenvalue weighted by atomic mass is 9.99. The Balaban J connectivity index is 2.06. The summed E-state index contributed by atoms with van der Waals surface area (Å²) in [4.78, 5) is 2.53. The van der Waals surface area contributed by atoms with Crippen molar-refractivity contribution in [3.63, 3.8) is 0 Å². The van der Waals surface area contributed by atoms with Gasteiger partial charge in [0, 0.05) is 34.6 Å². The minimum Gasteiger partial charge on any atom is -0.312 e. The molecule has 1 aliphatic heterocycles. The SMILES string of the molecule is CCCNC(Cc1cccc(Br)c1)C1CSCCN1C. The van der Waals surface area contributed by atoms with Gasteiger partial charge in [-0.3, -0.25) is 0 Å². The highest BCUT2D eigenvalue weighted by atomic mass is 79.9. The van der Waals surface area contributed by atoms with Gasteiger partial charge in [0.2, 0.25) is 0 Å². The summed E-state index contributed by atoms with van der Waals surface area (Å²) in [6, 6.07) is 9.90. The molecule has 1 aliphatic rings. The third kappa shape index (κ3) is 4.76. The largest absolute Gasteiger partial charge is 0.312 e. The fraction of sp³-hybridized carbons (Fsp3) is 0.625. The van der Waals surface area contributed by atoms with Crippen molar-refractivity contribution in [2.45, 2.75) is 31.8 Å². The number of hydrogen-bond acceptors (Lipinski definition) is 3. The molecule has 0 spiro atoms. The van der Waals surface area contributed by atoms with Gasteiger partial charge >= 0.3 is 0 Å². The van der Waals surface area contributed by atoms with Gasteiger partial charge in [-0.05, 0) is 44.1 Å². The van der Waals surface area contributed by atoms with E-state index in [1.807, 2.05) is 0 Å². The second kappa shape index (κ2) is 8.42. The number of rotatable bonds is 6. The van der Waals surface area contributed by atoms with E-state index in [2.05, 4.69) is 76.1 Å². The first-order valence-corrected chi connectivity index (χ1v) is 9.41. The summed E-state index contributed by atoms with van der Waals surface area (Å²) >= 11 is 5.67. The molecule has 2 atom stereocenters. The number of likely N-dealkylation sites (N-methyl/N-ethyl adjacent to an activating group) is 1. The molecular weight excluding hydrogens is 332 g/mol. The third-order valence-corrected chi connectivity index (χ3v) is 5.45. The zero-order valence-corrected chi connectivity index (χ0v) is 14.8. The van der Waals surface area contributed by atoms with E-state index in [-0.39, 0.29) is 0 Å². The van der Waals surface area contributed by atoms with E-state index in [0.29, 0.717) is 12.1 Å². The Kier molecular flexibility index (Phi) is 6.88. The van der Waals surface area contributed by atoms with Crippen LogP contribution in [-0.4, -0.2) is 48.6 Å². The van der Waals surface area contributed by atoms with E-state index >= 15 is 0 Å². The van der Waals surface area contributed by atoms with Gasteiger partial charge in [-0.1, -0.05) is 35.0 Å². The standard InChI is InChI=1S/C16H25BrN2S/c1-3-7-18-15(16-12-20-9-8-19(16)2)11-13-5-4-6-14(17)10-13/h4-6,10,15-16,18H,3,7-9,11-12H2,1-2H3. The van der Waals surface area contributed by atoms with Gasteiger partial charge in [0.25, 0.3) is 0 Å². The van der Waals surface area contributed by atoms with Crippen molar-refractivity contribution in [1.82, 2.24) is 10.2 Å². The molecule has 4 heteroatoms. The van der Waals surface area contributed by atoms with Gasteiger partial charge in [-0.2, -0.15) is 11.8 Å². The first-order chi connectivity index (χ1) is 9.70. The van der Waals surface area contributed by atoms with E-state index in [1.165, 1.54) is 34.5 Å². The molecule has 2 nitrogen and oxygen atoms in total. The molecule has 0 radical (unpaired) electrons. The molecule has 20 heavy (non-hydrogen) atoms. The van der Waals surface area contributed by atoms with Gasteiger partial charge < -0.3 is 10.2 Å². The van der Waals surface area contributed by atoms with Crippen LogP contribution >= 0.6 is 27.7 Å². The van der Waals surface area contributed by atoms with Gasteiger partial charge in [0.1, 0.15) is 0 Å². The molecule has 2 rings (SSSR count). The van der Waals surface area contributed by atoms with E-state index in [4.69, 9.17) is 0 Å². The molecule has 1 heterocycles. The number of benzene rings is 1. The van der Waals surface area contributed by atoms with Crippen molar-refractivity contribution in [1.29, 1.82) is 0 Å². The molecular formula is C16H25BrN2S. The third-order valence-electron chi connectivity index (χ3n) is 3.91. The monoisotopic (exact) mass is 356 g/mol. The molecule has 0 saturated carbocycles. The predicted octanol–water partition coefficient (Wildman–Crippen LogP) is 3.41. The van der Waals surface area contributed by atoms with Crippen LogP contribution in [0.25, 0.3) is 0 Å². The predicted molar refractivity (Wildman–Crippen MR) is 93.7 cm³/mol. The quantitative estimate of drug-likeness (QED) is 0.840. The van der Waals surface area contributed by atoms with Crippen LogP contribution in [0.3, 0.4) is 0 Å². The molecule has 1 fully saturated rings. The first-order valence-electron chi connectivity index (χ1n) is 7.46. The highest BCUT2D eigenvalue weighted by Crippen LogP contribution is 2.21. The van der Waals surface area contributed by atoms with Gasteiger partial charge in [-0.15, -0.1) is 0 Å². The van der Waals surface area contributed by atoms with E-state index in [1.54, 1.807) is 0 Å². The second-order valence-corrected chi connectivity index (χ2v) is 7.58. The minimum absolute atomic E-state index is 0.544. The summed E-state index contributed by atoms with van der Waals surface area (Å²) in [7, 11) is 2.27. The Morgan fingerprint density at radius 3 is 3.05 bits per heavy atom. The lowest BCUT2D eigenvalue weighted by Crippen LogP contribution is -2.53. The van der Waals surface area contributed by atoms with Crippen molar-refractivity contribution >= 4 is 27.7 Å². The highest BCUT2D eigenvalue weighted by molar-refractivity contribution is 9.10. The zero-order chi connectivity index (χ0) is 14.4. The molecule has 1 aromatic carbocycles. The fourth-order valence-corrected chi connectivity index (χ4v) is 4.48. The van der Waals surface area contributed by atoms with Crippen molar-refractivity contribution < 1.29 is 0 Å². The Morgan fingerprint density at radius 1 is 1.50 bits per heavy atom. The van der Waals surface area contributed by atoms with E-state index < -0.39 is 0 Å². The lowest BCUT2D eigenvalue weighted by molar-refractivity contribution is 0.213. The normalized spacial score (nSPS) is 21.9. The molecule has 1 aromatic rings. The van der Waals surface area contributed by atoms with E-state index in [9.17, 15) is 0 Å². The van der Waals surface area contributed by atoms with Crippen LogP contribution in [0.1, 0.15) is 18.9 Å². The first kappa shape index (κ1) is 16.3. The summed E-state index contributed by atoms with van der Waals surface area (Å²) in [6.45, 7) is 4.55. The van der Waals surface area contributed by atoms with Crippen LogP contribution in [0.5, 0.6) is 0 Å². The van der Waals surface area contributed by atoms with E-state index in [0.717, 1.165) is 13.0 Å². The topological polar surface area (TPSA) is 15.3 Å². The molecule has 1 N–H and O–H groups in total. The summed E-state index contributed by atoms with van der Waals surface area (Å²) < 4.78 is 1.18.